The number of carbonyl (C=O) groups excluding carboxylic acids is 1. The van der Waals surface area contributed by atoms with Crippen LogP contribution >= 0.6 is 11.3 Å². The van der Waals surface area contributed by atoms with Crippen LogP contribution < -0.4 is 5.32 Å². The maximum Gasteiger partial charge on any atom is 0.265 e. The van der Waals surface area contributed by atoms with Gasteiger partial charge in [0.2, 0.25) is 10.0 Å². The molecule has 0 unspecified atom stereocenters. The van der Waals surface area contributed by atoms with E-state index in [4.69, 9.17) is 0 Å². The van der Waals surface area contributed by atoms with Crippen molar-refractivity contribution < 1.29 is 13.2 Å². The summed E-state index contributed by atoms with van der Waals surface area (Å²) in [7, 11) is -3.53. The summed E-state index contributed by atoms with van der Waals surface area (Å²) in [6.45, 7) is 6.33. The third-order valence-corrected chi connectivity index (χ3v) is 6.52. The summed E-state index contributed by atoms with van der Waals surface area (Å²) in [5.41, 5.74) is 1.73. The van der Waals surface area contributed by atoms with Gasteiger partial charge in [-0.1, -0.05) is 26.0 Å². The van der Waals surface area contributed by atoms with Gasteiger partial charge in [0.15, 0.2) is 0 Å². The van der Waals surface area contributed by atoms with Crippen LogP contribution in [0.25, 0.3) is 0 Å². The average molecular weight is 352 g/mol. The second kappa shape index (κ2) is 7.25. The predicted octanol–water partition coefficient (Wildman–Crippen LogP) is 3.34. The molecule has 1 aromatic carbocycles. The van der Waals surface area contributed by atoms with Crippen molar-refractivity contribution in [2.45, 2.75) is 25.7 Å². The topological polar surface area (TPSA) is 66.5 Å². The highest BCUT2D eigenvalue weighted by Crippen LogP contribution is 2.23. The fourth-order valence-corrected chi connectivity index (χ4v) is 4.82. The van der Waals surface area contributed by atoms with Crippen molar-refractivity contribution in [2.24, 2.45) is 0 Å². The Kier molecular flexibility index (Phi) is 5.56. The minimum Gasteiger partial charge on any atom is -0.321 e. The van der Waals surface area contributed by atoms with Crippen molar-refractivity contribution in [1.82, 2.24) is 4.31 Å². The number of hydrogen-bond donors (Lipinski definition) is 1. The van der Waals surface area contributed by atoms with Gasteiger partial charge in [0, 0.05) is 24.2 Å². The van der Waals surface area contributed by atoms with Crippen LogP contribution in [0.1, 0.15) is 29.1 Å². The number of hydrogen-bond acceptors (Lipinski definition) is 4. The van der Waals surface area contributed by atoms with E-state index in [1.54, 1.807) is 19.9 Å². The van der Waals surface area contributed by atoms with Crippen LogP contribution in [0, 0.1) is 6.92 Å². The first-order valence-electron chi connectivity index (χ1n) is 7.35. The van der Waals surface area contributed by atoms with E-state index in [0.717, 1.165) is 16.9 Å². The van der Waals surface area contributed by atoms with Gasteiger partial charge in [0.1, 0.15) is 0 Å². The molecular weight excluding hydrogens is 332 g/mol. The highest BCUT2D eigenvalue weighted by atomic mass is 32.2. The number of amides is 1. The molecule has 7 heteroatoms. The van der Waals surface area contributed by atoms with Gasteiger partial charge in [-0.25, -0.2) is 8.42 Å². The molecule has 0 saturated heterocycles. The predicted molar refractivity (Wildman–Crippen MR) is 93.6 cm³/mol. The molecule has 0 fully saturated rings. The second-order valence-electron chi connectivity index (χ2n) is 5.06. The Morgan fingerprint density at radius 2 is 1.91 bits per heavy atom. The molecule has 23 heavy (non-hydrogen) atoms. The molecule has 1 aromatic heterocycles. The summed E-state index contributed by atoms with van der Waals surface area (Å²) in [5.74, 6) is -0.304. The number of nitrogens with one attached hydrogen (secondary N) is 1. The summed E-state index contributed by atoms with van der Waals surface area (Å²) in [5, 5.41) is 4.30. The Morgan fingerprint density at radius 3 is 2.52 bits per heavy atom. The van der Waals surface area contributed by atoms with Crippen molar-refractivity contribution in [3.63, 3.8) is 0 Å². The molecule has 0 radical (unpaired) electrons. The Labute approximate surface area is 141 Å². The lowest BCUT2D eigenvalue weighted by atomic mass is 10.2. The van der Waals surface area contributed by atoms with Crippen LogP contribution in [-0.2, 0) is 10.0 Å². The zero-order valence-corrected chi connectivity index (χ0v) is 15.0. The zero-order valence-electron chi connectivity index (χ0n) is 13.4. The average Bonchev–Trinajstić information content (AvgIpc) is 2.99. The van der Waals surface area contributed by atoms with Gasteiger partial charge < -0.3 is 5.32 Å². The van der Waals surface area contributed by atoms with E-state index in [0.29, 0.717) is 23.7 Å². The highest BCUT2D eigenvalue weighted by Gasteiger charge is 2.24. The van der Waals surface area contributed by atoms with E-state index in [-0.39, 0.29) is 10.8 Å². The molecule has 1 heterocycles. The summed E-state index contributed by atoms with van der Waals surface area (Å²) in [4.78, 5) is 12.8. The number of sulfonamides is 1. The van der Waals surface area contributed by atoms with E-state index >= 15 is 0 Å². The van der Waals surface area contributed by atoms with Crippen molar-refractivity contribution in [3.05, 3.63) is 46.2 Å². The largest absolute Gasteiger partial charge is 0.321 e. The van der Waals surface area contributed by atoms with Gasteiger partial charge in [-0.2, -0.15) is 4.31 Å². The fourth-order valence-electron chi connectivity index (χ4n) is 2.20. The number of nitrogens with zero attached hydrogens (tertiary/aromatic N) is 1. The standard InChI is InChI=1S/C16H20N2O3S2/c1-4-18(5-2)23(20,21)14-10-15(22-11-14)16(19)17-13-8-6-7-12(3)9-13/h6-11H,4-5H2,1-3H3,(H,17,19). The lowest BCUT2D eigenvalue weighted by Crippen LogP contribution is -2.30. The fraction of sp³-hybridized carbons (Fsp3) is 0.312. The van der Waals surface area contributed by atoms with Gasteiger partial charge in [0.05, 0.1) is 9.77 Å². The lowest BCUT2D eigenvalue weighted by molar-refractivity contribution is 0.103. The summed E-state index contributed by atoms with van der Waals surface area (Å²) < 4.78 is 26.2. The lowest BCUT2D eigenvalue weighted by Gasteiger charge is -2.17. The van der Waals surface area contributed by atoms with Gasteiger partial charge in [0.25, 0.3) is 5.91 Å². The minimum atomic E-state index is -3.53. The number of thiophene rings is 1. The number of benzene rings is 1. The molecule has 0 spiro atoms. The molecule has 0 aliphatic carbocycles. The van der Waals surface area contributed by atoms with Crippen LogP contribution in [0.5, 0.6) is 0 Å². The van der Waals surface area contributed by atoms with E-state index in [9.17, 15) is 13.2 Å². The molecule has 0 bridgehead atoms. The van der Waals surface area contributed by atoms with Gasteiger partial charge >= 0.3 is 0 Å². The molecule has 0 aliphatic heterocycles. The second-order valence-corrected chi connectivity index (χ2v) is 7.91. The highest BCUT2D eigenvalue weighted by molar-refractivity contribution is 7.89. The Morgan fingerprint density at radius 1 is 1.22 bits per heavy atom. The molecule has 2 rings (SSSR count). The molecule has 0 aliphatic rings. The van der Waals surface area contributed by atoms with Crippen LogP contribution in [0.4, 0.5) is 5.69 Å². The quantitative estimate of drug-likeness (QED) is 0.867. The van der Waals surface area contributed by atoms with E-state index in [2.05, 4.69) is 5.32 Å². The van der Waals surface area contributed by atoms with E-state index in [1.165, 1.54) is 15.8 Å². The normalized spacial score (nSPS) is 11.7. The molecule has 1 amide bonds. The third-order valence-electron chi connectivity index (χ3n) is 3.42. The first kappa shape index (κ1) is 17.7. The zero-order chi connectivity index (χ0) is 17.0. The molecule has 1 N–H and O–H groups in total. The summed E-state index contributed by atoms with van der Waals surface area (Å²) >= 11 is 1.13. The van der Waals surface area contributed by atoms with Gasteiger partial charge in [-0.05, 0) is 30.7 Å². The van der Waals surface area contributed by atoms with Crippen LogP contribution in [-0.4, -0.2) is 31.7 Å². The SMILES string of the molecule is CCN(CC)S(=O)(=O)c1csc(C(=O)Nc2cccc(C)c2)c1. The van der Waals surface area contributed by atoms with Crippen LogP contribution in [0.3, 0.4) is 0 Å². The molecule has 124 valence electrons. The maximum absolute atomic E-state index is 12.4. The minimum absolute atomic E-state index is 0.167. The Hall–Kier alpha value is -1.70. The van der Waals surface area contributed by atoms with Crippen molar-refractivity contribution >= 4 is 33.0 Å². The van der Waals surface area contributed by atoms with Crippen LogP contribution in [0.2, 0.25) is 0 Å². The van der Waals surface area contributed by atoms with E-state index in [1.807, 2.05) is 25.1 Å². The number of rotatable bonds is 6. The number of aryl methyl sites for hydroxylation is 1. The number of anilines is 1. The number of carbonyl (C=O) groups is 1. The molecule has 5 nitrogen and oxygen atoms in total. The molecule has 0 saturated carbocycles. The van der Waals surface area contributed by atoms with Gasteiger partial charge in [-0.3, -0.25) is 4.79 Å². The van der Waals surface area contributed by atoms with Crippen molar-refractivity contribution in [2.75, 3.05) is 18.4 Å². The summed E-state index contributed by atoms with van der Waals surface area (Å²) in [6, 6.07) is 8.89. The Bertz CT molecular complexity index is 793. The summed E-state index contributed by atoms with van der Waals surface area (Å²) in [6.07, 6.45) is 0. The van der Waals surface area contributed by atoms with Gasteiger partial charge in [-0.15, -0.1) is 11.3 Å². The van der Waals surface area contributed by atoms with Crippen molar-refractivity contribution in [1.29, 1.82) is 0 Å². The first-order valence-corrected chi connectivity index (χ1v) is 9.67. The van der Waals surface area contributed by atoms with E-state index < -0.39 is 10.0 Å². The molecule has 2 aromatic rings. The monoisotopic (exact) mass is 352 g/mol. The van der Waals surface area contributed by atoms with Crippen LogP contribution in [0.15, 0.2) is 40.6 Å². The smallest absolute Gasteiger partial charge is 0.265 e. The molecular formula is C16H20N2O3S2. The Balaban J connectivity index is 2.20. The third kappa shape index (κ3) is 3.99. The maximum atomic E-state index is 12.4. The molecule has 0 atom stereocenters. The van der Waals surface area contributed by atoms with Crippen molar-refractivity contribution in [3.8, 4) is 0 Å². The first-order chi connectivity index (χ1) is 10.9.